The number of nitro benzene ring substituents is 1. The summed E-state index contributed by atoms with van der Waals surface area (Å²) in [6, 6.07) is 14.6. The molecule has 0 saturated heterocycles. The molecule has 1 atom stereocenters. The molecule has 0 radical (unpaired) electrons. The lowest BCUT2D eigenvalue weighted by Crippen LogP contribution is -2.30. The molecule has 0 unspecified atom stereocenters. The third kappa shape index (κ3) is 4.91. The average Bonchev–Trinajstić information content (AvgIpc) is 2.82. The number of ether oxygens (including phenoxy) is 3. The van der Waals surface area contributed by atoms with Crippen LogP contribution in [0, 0.1) is 10.1 Å². The van der Waals surface area contributed by atoms with Gasteiger partial charge in [-0.05, 0) is 47.9 Å². The number of fused-ring (bicyclic) bond motifs is 1. The quantitative estimate of drug-likeness (QED) is 0.396. The molecular formula is C24H26N2O6. The second kappa shape index (κ2) is 10.00. The van der Waals surface area contributed by atoms with Crippen LogP contribution in [0.2, 0.25) is 0 Å². The molecule has 32 heavy (non-hydrogen) atoms. The van der Waals surface area contributed by atoms with Gasteiger partial charge in [0.25, 0.3) is 5.69 Å². The van der Waals surface area contributed by atoms with Crippen LogP contribution in [-0.4, -0.2) is 38.7 Å². The molecule has 8 nitrogen and oxygen atoms in total. The van der Waals surface area contributed by atoms with E-state index in [-0.39, 0.29) is 36.2 Å². The van der Waals surface area contributed by atoms with Gasteiger partial charge < -0.3 is 19.5 Å². The van der Waals surface area contributed by atoms with Crippen LogP contribution in [0.15, 0.2) is 48.5 Å². The van der Waals surface area contributed by atoms with E-state index in [1.165, 1.54) is 20.3 Å². The Morgan fingerprint density at radius 2 is 1.62 bits per heavy atom. The van der Waals surface area contributed by atoms with Gasteiger partial charge in [-0.25, -0.2) is 0 Å². The standard InChI is InChI=1S/C24H26N2O6/c1-15(16-5-6-18-12-20(30-2)8-7-17(18)11-16)24(27)25-10-9-19-13-22(31-3)23(32-4)14-21(19)26(28)29/h5-8,11-15H,9-10H2,1-4H3,(H,25,27)/t15-/m0/s1. The maximum Gasteiger partial charge on any atom is 0.276 e. The molecule has 0 saturated carbocycles. The van der Waals surface area contributed by atoms with E-state index in [2.05, 4.69) is 5.32 Å². The van der Waals surface area contributed by atoms with E-state index >= 15 is 0 Å². The van der Waals surface area contributed by atoms with Crippen molar-refractivity contribution in [2.45, 2.75) is 19.3 Å². The molecule has 0 fully saturated rings. The van der Waals surface area contributed by atoms with Crippen molar-refractivity contribution in [2.75, 3.05) is 27.9 Å². The second-order valence-corrected chi connectivity index (χ2v) is 7.33. The maximum atomic E-state index is 12.7. The first kappa shape index (κ1) is 22.9. The van der Waals surface area contributed by atoms with E-state index in [4.69, 9.17) is 14.2 Å². The highest BCUT2D eigenvalue weighted by Crippen LogP contribution is 2.34. The fourth-order valence-corrected chi connectivity index (χ4v) is 3.54. The lowest BCUT2D eigenvalue weighted by Gasteiger charge is -2.14. The van der Waals surface area contributed by atoms with Crippen molar-refractivity contribution >= 4 is 22.4 Å². The van der Waals surface area contributed by atoms with Gasteiger partial charge in [-0.1, -0.05) is 24.3 Å². The number of rotatable bonds is 9. The van der Waals surface area contributed by atoms with Gasteiger partial charge in [0.05, 0.1) is 38.2 Å². The third-order valence-corrected chi connectivity index (χ3v) is 5.44. The van der Waals surface area contributed by atoms with Crippen LogP contribution in [0.5, 0.6) is 17.2 Å². The fourth-order valence-electron chi connectivity index (χ4n) is 3.54. The van der Waals surface area contributed by atoms with Crippen molar-refractivity contribution in [3.8, 4) is 17.2 Å². The molecule has 0 aliphatic carbocycles. The van der Waals surface area contributed by atoms with Crippen LogP contribution in [0.1, 0.15) is 24.0 Å². The Hall–Kier alpha value is -3.81. The number of hydrogen-bond acceptors (Lipinski definition) is 6. The van der Waals surface area contributed by atoms with Gasteiger partial charge >= 0.3 is 0 Å². The number of nitro groups is 1. The number of methoxy groups -OCH3 is 3. The topological polar surface area (TPSA) is 99.9 Å². The predicted molar refractivity (Wildman–Crippen MR) is 122 cm³/mol. The van der Waals surface area contributed by atoms with Gasteiger partial charge in [0.1, 0.15) is 5.75 Å². The molecule has 3 aromatic carbocycles. The lowest BCUT2D eigenvalue weighted by atomic mass is 9.97. The molecule has 3 rings (SSSR count). The summed E-state index contributed by atoms with van der Waals surface area (Å²) in [4.78, 5) is 23.7. The van der Waals surface area contributed by atoms with E-state index < -0.39 is 4.92 Å². The number of hydrogen-bond donors (Lipinski definition) is 1. The molecule has 3 aromatic rings. The molecule has 8 heteroatoms. The Bertz CT molecular complexity index is 1140. The fraction of sp³-hybridized carbons (Fsp3) is 0.292. The van der Waals surface area contributed by atoms with Crippen LogP contribution in [0.3, 0.4) is 0 Å². The smallest absolute Gasteiger partial charge is 0.276 e. The van der Waals surface area contributed by atoms with Crippen molar-refractivity contribution < 1.29 is 23.9 Å². The number of nitrogens with zero attached hydrogens (tertiary/aromatic N) is 1. The van der Waals surface area contributed by atoms with Crippen LogP contribution in [0.25, 0.3) is 10.8 Å². The Morgan fingerprint density at radius 3 is 2.28 bits per heavy atom. The van der Waals surface area contributed by atoms with Gasteiger partial charge in [0.2, 0.25) is 5.91 Å². The van der Waals surface area contributed by atoms with Gasteiger partial charge in [0.15, 0.2) is 11.5 Å². The number of carbonyl (C=O) groups is 1. The number of amides is 1. The van der Waals surface area contributed by atoms with E-state index in [0.29, 0.717) is 11.3 Å². The summed E-state index contributed by atoms with van der Waals surface area (Å²) in [5.74, 6) is 0.943. The zero-order valence-electron chi connectivity index (χ0n) is 18.5. The monoisotopic (exact) mass is 438 g/mol. The molecule has 0 aliphatic heterocycles. The molecule has 1 amide bonds. The Balaban J connectivity index is 1.69. The van der Waals surface area contributed by atoms with Crippen molar-refractivity contribution in [3.63, 3.8) is 0 Å². The third-order valence-electron chi connectivity index (χ3n) is 5.44. The summed E-state index contributed by atoms with van der Waals surface area (Å²) >= 11 is 0. The average molecular weight is 438 g/mol. The molecule has 168 valence electrons. The molecule has 0 aliphatic rings. The number of benzene rings is 3. The van der Waals surface area contributed by atoms with E-state index in [1.54, 1.807) is 13.2 Å². The summed E-state index contributed by atoms with van der Waals surface area (Å²) in [6.45, 7) is 2.09. The van der Waals surface area contributed by atoms with Gasteiger partial charge in [-0.3, -0.25) is 14.9 Å². The molecule has 0 spiro atoms. The first-order valence-electron chi connectivity index (χ1n) is 10.1. The Kier molecular flexibility index (Phi) is 7.14. The Morgan fingerprint density at radius 1 is 0.969 bits per heavy atom. The Labute approximate surface area is 186 Å². The van der Waals surface area contributed by atoms with Crippen molar-refractivity contribution in [1.29, 1.82) is 0 Å². The zero-order chi connectivity index (χ0) is 23.3. The summed E-state index contributed by atoms with van der Waals surface area (Å²) in [7, 11) is 4.52. The van der Waals surface area contributed by atoms with Gasteiger partial charge in [0, 0.05) is 12.1 Å². The highest BCUT2D eigenvalue weighted by molar-refractivity contribution is 5.88. The lowest BCUT2D eigenvalue weighted by molar-refractivity contribution is -0.385. The summed E-state index contributed by atoms with van der Waals surface area (Å²) in [5.41, 5.74) is 1.27. The van der Waals surface area contributed by atoms with Crippen LogP contribution in [-0.2, 0) is 11.2 Å². The van der Waals surface area contributed by atoms with Crippen LogP contribution in [0.4, 0.5) is 5.69 Å². The van der Waals surface area contributed by atoms with Crippen molar-refractivity contribution in [1.82, 2.24) is 5.32 Å². The normalized spacial score (nSPS) is 11.6. The molecule has 0 bridgehead atoms. The minimum Gasteiger partial charge on any atom is -0.497 e. The van der Waals surface area contributed by atoms with Gasteiger partial charge in [-0.15, -0.1) is 0 Å². The van der Waals surface area contributed by atoms with Crippen LogP contribution < -0.4 is 19.5 Å². The first-order valence-corrected chi connectivity index (χ1v) is 10.1. The SMILES string of the molecule is COc1ccc2cc([C@H](C)C(=O)NCCc3cc(OC)c(OC)cc3[N+](=O)[O-])ccc2c1. The van der Waals surface area contributed by atoms with Crippen molar-refractivity contribution in [3.05, 3.63) is 69.8 Å². The molecule has 0 aromatic heterocycles. The second-order valence-electron chi connectivity index (χ2n) is 7.33. The minimum atomic E-state index is -0.466. The summed E-state index contributed by atoms with van der Waals surface area (Å²) in [5, 5.41) is 16.4. The summed E-state index contributed by atoms with van der Waals surface area (Å²) in [6.07, 6.45) is 0.284. The molecule has 0 heterocycles. The van der Waals surface area contributed by atoms with E-state index in [9.17, 15) is 14.9 Å². The predicted octanol–water partition coefficient (Wildman–Crippen LogP) is 4.24. The molecular weight excluding hydrogens is 412 g/mol. The van der Waals surface area contributed by atoms with Crippen molar-refractivity contribution in [2.24, 2.45) is 0 Å². The first-order chi connectivity index (χ1) is 15.4. The highest BCUT2D eigenvalue weighted by Gasteiger charge is 2.20. The minimum absolute atomic E-state index is 0.0742. The summed E-state index contributed by atoms with van der Waals surface area (Å²) < 4.78 is 15.6. The number of nitrogens with one attached hydrogen (secondary N) is 1. The zero-order valence-corrected chi connectivity index (χ0v) is 18.5. The van der Waals surface area contributed by atoms with E-state index in [0.717, 1.165) is 22.1 Å². The van der Waals surface area contributed by atoms with Gasteiger partial charge in [-0.2, -0.15) is 0 Å². The van der Waals surface area contributed by atoms with Crippen LogP contribution >= 0.6 is 0 Å². The largest absolute Gasteiger partial charge is 0.497 e. The highest BCUT2D eigenvalue weighted by atomic mass is 16.6. The maximum absolute atomic E-state index is 12.7. The number of carbonyl (C=O) groups excluding carboxylic acids is 1. The van der Waals surface area contributed by atoms with E-state index in [1.807, 2.05) is 43.3 Å². The molecule has 1 N–H and O–H groups in total.